The summed E-state index contributed by atoms with van der Waals surface area (Å²) in [4.78, 5) is 26.4. The Morgan fingerprint density at radius 1 is 1.32 bits per heavy atom. The molecule has 3 atom stereocenters. The number of hydrogen-bond acceptors (Lipinski definition) is 2. The van der Waals surface area contributed by atoms with E-state index in [9.17, 15) is 14.7 Å². The van der Waals surface area contributed by atoms with Crippen LogP contribution in [0.4, 0.5) is 4.79 Å². The highest BCUT2D eigenvalue weighted by molar-refractivity contribution is 6.31. The first kappa shape index (κ1) is 24.8. The Morgan fingerprint density at radius 2 is 2.03 bits per heavy atom. The lowest BCUT2D eigenvalue weighted by molar-refractivity contribution is -0.133. The van der Waals surface area contributed by atoms with Crippen molar-refractivity contribution in [3.05, 3.63) is 57.8 Å². The van der Waals surface area contributed by atoms with Gasteiger partial charge in [0.15, 0.2) is 0 Å². The quantitative estimate of drug-likeness (QED) is 0.466. The van der Waals surface area contributed by atoms with Gasteiger partial charge in [0.05, 0.1) is 11.1 Å². The number of benzene rings is 1. The normalized spacial score (nSPS) is 28.9. The van der Waals surface area contributed by atoms with Gasteiger partial charge in [0, 0.05) is 23.2 Å². The van der Waals surface area contributed by atoms with Crippen LogP contribution in [-0.2, 0) is 16.8 Å². The van der Waals surface area contributed by atoms with E-state index in [0.717, 1.165) is 54.7 Å². The van der Waals surface area contributed by atoms with Gasteiger partial charge in [-0.15, -0.1) is 0 Å². The van der Waals surface area contributed by atoms with Crippen molar-refractivity contribution in [3.8, 4) is 0 Å². The van der Waals surface area contributed by atoms with Gasteiger partial charge in [-0.25, -0.2) is 9.59 Å². The summed E-state index contributed by atoms with van der Waals surface area (Å²) >= 11 is 6.77. The van der Waals surface area contributed by atoms with E-state index in [1.54, 1.807) is 11.0 Å². The van der Waals surface area contributed by atoms with Crippen LogP contribution in [0.15, 0.2) is 41.6 Å². The number of hydrogen-bond donors (Lipinski definition) is 2. The third kappa shape index (κ3) is 4.51. The molecule has 0 saturated heterocycles. The standard InChI is InChI=1S/C28H37ClN2O3/c1-6-18-9-12-28(21-8-7-19(23(29)14-21)10-11-26(2,3)4)22(13-18)17-31(25(34)30-28)27(5)15-20(16-27)24(32)33/h7-8,14-15,17-18H,6,9-13,16H2,1-5H3,(H,30,34)(H,32,33)/t18?,27?,28-/m0/s1. The number of carbonyl (C=O) groups is 2. The molecule has 1 saturated carbocycles. The number of carbonyl (C=O) groups excluding carboxylic acids is 1. The van der Waals surface area contributed by atoms with Gasteiger partial charge in [0.2, 0.25) is 0 Å². The molecule has 3 aliphatic rings. The summed E-state index contributed by atoms with van der Waals surface area (Å²) in [5.41, 5.74) is 2.77. The van der Waals surface area contributed by atoms with E-state index in [4.69, 9.17) is 11.6 Å². The second-order valence-corrected chi connectivity index (χ2v) is 12.2. The number of fused-ring (bicyclic) bond motifs is 1. The van der Waals surface area contributed by atoms with E-state index < -0.39 is 17.0 Å². The number of carboxylic acids is 1. The number of nitrogens with zero attached hydrogens (tertiary/aromatic N) is 1. The maximum atomic E-state index is 13.4. The Bertz CT molecular complexity index is 1070. The maximum absolute atomic E-state index is 13.4. The van der Waals surface area contributed by atoms with Crippen molar-refractivity contribution in [1.29, 1.82) is 0 Å². The molecule has 2 N–H and O–H groups in total. The number of nitrogens with one attached hydrogen (secondary N) is 1. The summed E-state index contributed by atoms with van der Waals surface area (Å²) in [7, 11) is 0. The number of halogens is 1. The Labute approximate surface area is 208 Å². The Hall–Kier alpha value is -2.27. The average Bonchev–Trinajstić information content (AvgIpc) is 2.74. The summed E-state index contributed by atoms with van der Waals surface area (Å²) in [5, 5.41) is 13.4. The van der Waals surface area contributed by atoms with Crippen LogP contribution < -0.4 is 5.32 Å². The lowest BCUT2D eigenvalue weighted by Gasteiger charge is -2.52. The van der Waals surface area contributed by atoms with E-state index in [1.807, 2.05) is 19.2 Å². The van der Waals surface area contributed by atoms with Gasteiger partial charge in [-0.2, -0.15) is 0 Å². The molecule has 1 aliphatic heterocycles. The highest BCUT2D eigenvalue weighted by Gasteiger charge is 2.50. The fraction of sp³-hybridized carbons (Fsp3) is 0.571. The van der Waals surface area contributed by atoms with Gasteiger partial charge in [0.1, 0.15) is 0 Å². The van der Waals surface area contributed by atoms with Crippen LogP contribution in [0.5, 0.6) is 0 Å². The van der Waals surface area contributed by atoms with Crippen molar-refractivity contribution < 1.29 is 14.7 Å². The number of urea groups is 1. The molecule has 0 bridgehead atoms. The first-order valence-electron chi connectivity index (χ1n) is 12.4. The van der Waals surface area contributed by atoms with Crippen molar-refractivity contribution in [1.82, 2.24) is 10.2 Å². The number of carboxylic acid groups (broad SMARTS) is 1. The molecular weight excluding hydrogens is 448 g/mol. The molecule has 1 fully saturated rings. The molecule has 6 heteroatoms. The summed E-state index contributed by atoms with van der Waals surface area (Å²) < 4.78 is 0. The van der Waals surface area contributed by atoms with Crippen molar-refractivity contribution in [2.45, 2.75) is 90.6 Å². The molecule has 4 rings (SSSR count). The molecular formula is C28H37ClN2O3. The third-order valence-corrected chi connectivity index (χ3v) is 8.29. The van der Waals surface area contributed by atoms with Crippen LogP contribution in [-0.4, -0.2) is 27.5 Å². The zero-order chi connectivity index (χ0) is 24.9. The SMILES string of the molecule is CCC1CC[C@@]2(c3ccc(CCC(C)(C)C)c(Cl)c3)NC(=O)N(C3(C)C=C(C(=O)O)C3)C=C2C1. The third-order valence-electron chi connectivity index (χ3n) is 7.93. The first-order chi connectivity index (χ1) is 15.9. The minimum Gasteiger partial charge on any atom is -0.478 e. The van der Waals surface area contributed by atoms with Crippen molar-refractivity contribution >= 4 is 23.6 Å². The molecule has 34 heavy (non-hydrogen) atoms. The Kier molecular flexibility index (Phi) is 6.39. The van der Waals surface area contributed by atoms with Gasteiger partial charge in [-0.1, -0.05) is 57.8 Å². The van der Waals surface area contributed by atoms with E-state index in [2.05, 4.69) is 45.1 Å². The van der Waals surface area contributed by atoms with Crippen LogP contribution in [0.3, 0.4) is 0 Å². The monoisotopic (exact) mass is 484 g/mol. The highest BCUT2D eigenvalue weighted by Crippen LogP contribution is 2.49. The number of aliphatic carboxylic acids is 1. The minimum atomic E-state index is -0.915. The van der Waals surface area contributed by atoms with E-state index in [0.29, 0.717) is 17.9 Å². The lowest BCUT2D eigenvalue weighted by Crippen LogP contribution is -2.62. The molecule has 184 valence electrons. The average molecular weight is 485 g/mol. The molecule has 1 aromatic rings. The van der Waals surface area contributed by atoms with E-state index >= 15 is 0 Å². The number of aryl methyl sites for hydroxylation is 1. The van der Waals surface area contributed by atoms with Gasteiger partial charge >= 0.3 is 12.0 Å². The molecule has 1 heterocycles. The summed E-state index contributed by atoms with van der Waals surface area (Å²) in [6.07, 6.45) is 9.88. The second kappa shape index (κ2) is 8.75. The number of amides is 2. The summed E-state index contributed by atoms with van der Waals surface area (Å²) in [5.74, 6) is -0.348. The minimum absolute atomic E-state index is 0.185. The molecule has 5 nitrogen and oxygen atoms in total. The van der Waals surface area contributed by atoms with Crippen molar-refractivity contribution in [2.24, 2.45) is 11.3 Å². The van der Waals surface area contributed by atoms with Crippen LogP contribution in [0, 0.1) is 11.3 Å². The van der Waals surface area contributed by atoms with Crippen LogP contribution >= 0.6 is 11.6 Å². The van der Waals surface area contributed by atoms with Gasteiger partial charge in [-0.05, 0) is 79.2 Å². The van der Waals surface area contributed by atoms with Crippen LogP contribution in [0.1, 0.15) is 84.3 Å². The topological polar surface area (TPSA) is 69.6 Å². The Balaban J connectivity index is 1.69. The Morgan fingerprint density at radius 3 is 2.62 bits per heavy atom. The van der Waals surface area contributed by atoms with Gasteiger partial charge < -0.3 is 10.4 Å². The van der Waals surface area contributed by atoms with E-state index in [-0.39, 0.29) is 11.4 Å². The largest absolute Gasteiger partial charge is 0.478 e. The summed E-state index contributed by atoms with van der Waals surface area (Å²) in [6, 6.07) is 6.11. The van der Waals surface area contributed by atoms with E-state index in [1.165, 1.54) is 5.57 Å². The fourth-order valence-corrected chi connectivity index (χ4v) is 5.89. The maximum Gasteiger partial charge on any atom is 0.331 e. The molecule has 0 spiro atoms. The summed E-state index contributed by atoms with van der Waals surface area (Å²) in [6.45, 7) is 10.8. The first-order valence-corrected chi connectivity index (χ1v) is 12.8. The van der Waals surface area contributed by atoms with Crippen LogP contribution in [0.2, 0.25) is 5.02 Å². The second-order valence-electron chi connectivity index (χ2n) is 11.8. The smallest absolute Gasteiger partial charge is 0.331 e. The number of rotatable bonds is 6. The molecule has 2 amide bonds. The van der Waals surface area contributed by atoms with Crippen LogP contribution in [0.25, 0.3) is 0 Å². The fourth-order valence-electron chi connectivity index (χ4n) is 5.61. The zero-order valence-electron chi connectivity index (χ0n) is 21.0. The van der Waals surface area contributed by atoms with Crippen molar-refractivity contribution in [2.75, 3.05) is 0 Å². The predicted octanol–water partition coefficient (Wildman–Crippen LogP) is 6.81. The zero-order valence-corrected chi connectivity index (χ0v) is 21.8. The highest BCUT2D eigenvalue weighted by atomic mass is 35.5. The lowest BCUT2D eigenvalue weighted by atomic mass is 9.67. The molecule has 2 unspecified atom stereocenters. The molecule has 0 radical (unpaired) electrons. The van der Waals surface area contributed by atoms with Crippen molar-refractivity contribution in [3.63, 3.8) is 0 Å². The van der Waals surface area contributed by atoms with Gasteiger partial charge in [-0.3, -0.25) is 4.90 Å². The molecule has 0 aromatic heterocycles. The molecule has 2 aliphatic carbocycles. The molecule has 1 aromatic carbocycles. The van der Waals surface area contributed by atoms with Gasteiger partial charge in [0.25, 0.3) is 0 Å². The predicted molar refractivity (Wildman–Crippen MR) is 136 cm³/mol.